The normalized spacial score (nSPS) is 10.9. The van der Waals surface area contributed by atoms with Gasteiger partial charge in [-0.05, 0) is 110 Å². The van der Waals surface area contributed by atoms with Crippen molar-refractivity contribution in [3.63, 3.8) is 0 Å². The second-order valence-electron chi connectivity index (χ2n) is 10.2. The van der Waals surface area contributed by atoms with Gasteiger partial charge in [-0.1, -0.05) is 73.9 Å². The summed E-state index contributed by atoms with van der Waals surface area (Å²) in [6, 6.07) is 24.9. The van der Waals surface area contributed by atoms with Gasteiger partial charge in [0, 0.05) is 0 Å². The standard InChI is InChI=1S/C36H42O3/c1-7-31-34(22-37-28-16-10-25(4)11-17-28)32(8-2)36(24-39-30-20-14-27(6)15-21-30)33(9-3)35(31)23-38-29-18-12-26(5)13-19-29/h10-21H,7-9,22-24H2,1-6H3. The van der Waals surface area contributed by atoms with Gasteiger partial charge in [0.1, 0.15) is 37.1 Å². The van der Waals surface area contributed by atoms with Crippen molar-refractivity contribution in [2.75, 3.05) is 0 Å². The molecule has 0 aromatic heterocycles. The smallest absolute Gasteiger partial charge is 0.119 e. The van der Waals surface area contributed by atoms with Crippen molar-refractivity contribution in [2.24, 2.45) is 0 Å². The zero-order valence-electron chi connectivity index (χ0n) is 24.4. The molecule has 0 bridgehead atoms. The summed E-state index contributed by atoms with van der Waals surface area (Å²) in [4.78, 5) is 0. The topological polar surface area (TPSA) is 27.7 Å². The van der Waals surface area contributed by atoms with E-state index in [4.69, 9.17) is 14.2 Å². The second kappa shape index (κ2) is 13.4. The van der Waals surface area contributed by atoms with Crippen molar-refractivity contribution in [3.05, 3.63) is 123 Å². The molecule has 4 aromatic carbocycles. The van der Waals surface area contributed by atoms with Crippen LogP contribution in [0.5, 0.6) is 17.2 Å². The van der Waals surface area contributed by atoms with Gasteiger partial charge in [-0.3, -0.25) is 0 Å². The summed E-state index contributed by atoms with van der Waals surface area (Å²) in [7, 11) is 0. The average Bonchev–Trinajstić information content (AvgIpc) is 2.95. The van der Waals surface area contributed by atoms with Crippen LogP contribution in [0.1, 0.15) is 70.8 Å². The quantitative estimate of drug-likeness (QED) is 0.186. The van der Waals surface area contributed by atoms with E-state index < -0.39 is 0 Å². The number of benzene rings is 4. The van der Waals surface area contributed by atoms with Crippen LogP contribution < -0.4 is 14.2 Å². The van der Waals surface area contributed by atoms with Gasteiger partial charge in [-0.25, -0.2) is 0 Å². The molecule has 0 saturated carbocycles. The van der Waals surface area contributed by atoms with Crippen LogP contribution in [0.25, 0.3) is 0 Å². The molecule has 0 atom stereocenters. The maximum Gasteiger partial charge on any atom is 0.119 e. The molecule has 0 fully saturated rings. The van der Waals surface area contributed by atoms with Gasteiger partial charge >= 0.3 is 0 Å². The highest BCUT2D eigenvalue weighted by Gasteiger charge is 2.23. The van der Waals surface area contributed by atoms with Crippen molar-refractivity contribution in [1.29, 1.82) is 0 Å². The molecule has 39 heavy (non-hydrogen) atoms. The van der Waals surface area contributed by atoms with Crippen LogP contribution in [0, 0.1) is 20.8 Å². The number of rotatable bonds is 12. The van der Waals surface area contributed by atoms with Crippen LogP contribution in [-0.2, 0) is 39.1 Å². The summed E-state index contributed by atoms with van der Waals surface area (Å²) >= 11 is 0. The van der Waals surface area contributed by atoms with Gasteiger partial charge in [0.05, 0.1) is 0 Å². The molecule has 0 heterocycles. The fourth-order valence-electron chi connectivity index (χ4n) is 5.27. The number of aryl methyl sites for hydroxylation is 3. The van der Waals surface area contributed by atoms with Crippen LogP contribution in [0.4, 0.5) is 0 Å². The van der Waals surface area contributed by atoms with Crippen molar-refractivity contribution in [3.8, 4) is 17.2 Å². The van der Waals surface area contributed by atoms with Crippen LogP contribution in [0.15, 0.2) is 72.8 Å². The Balaban J connectivity index is 1.76. The maximum absolute atomic E-state index is 6.39. The molecule has 0 amide bonds. The van der Waals surface area contributed by atoms with Crippen molar-refractivity contribution in [1.82, 2.24) is 0 Å². The van der Waals surface area contributed by atoms with E-state index in [9.17, 15) is 0 Å². The zero-order chi connectivity index (χ0) is 27.8. The summed E-state index contributed by atoms with van der Waals surface area (Å²) in [5.74, 6) is 2.66. The summed E-state index contributed by atoms with van der Waals surface area (Å²) < 4.78 is 19.2. The molecule has 4 aromatic rings. The molecular formula is C36H42O3. The van der Waals surface area contributed by atoms with E-state index in [-0.39, 0.29) is 0 Å². The van der Waals surface area contributed by atoms with E-state index in [2.05, 4.69) is 114 Å². The Morgan fingerprint density at radius 1 is 0.359 bits per heavy atom. The van der Waals surface area contributed by atoms with E-state index in [1.54, 1.807) is 0 Å². The molecule has 4 rings (SSSR count). The molecule has 0 aliphatic carbocycles. The molecule has 0 unspecified atom stereocenters. The Morgan fingerprint density at radius 3 is 0.795 bits per heavy atom. The summed E-state index contributed by atoms with van der Waals surface area (Å²) in [6.07, 6.45) is 2.74. The van der Waals surface area contributed by atoms with Crippen molar-refractivity contribution in [2.45, 2.75) is 80.6 Å². The molecule has 3 nitrogen and oxygen atoms in total. The van der Waals surface area contributed by atoms with Crippen LogP contribution >= 0.6 is 0 Å². The number of ether oxygens (including phenoxy) is 3. The Morgan fingerprint density at radius 2 is 0.590 bits per heavy atom. The van der Waals surface area contributed by atoms with Crippen molar-refractivity contribution < 1.29 is 14.2 Å². The lowest BCUT2D eigenvalue weighted by atomic mass is 9.84. The lowest BCUT2D eigenvalue weighted by Crippen LogP contribution is -2.17. The average molecular weight is 523 g/mol. The second-order valence-corrected chi connectivity index (χ2v) is 10.2. The Hall–Kier alpha value is -3.72. The highest BCUT2D eigenvalue weighted by atomic mass is 16.5. The van der Waals surface area contributed by atoms with Gasteiger partial charge in [0.25, 0.3) is 0 Å². The first-order valence-corrected chi connectivity index (χ1v) is 14.2. The number of hydrogen-bond acceptors (Lipinski definition) is 3. The molecule has 0 saturated heterocycles. The van der Waals surface area contributed by atoms with Crippen LogP contribution in [0.3, 0.4) is 0 Å². The van der Waals surface area contributed by atoms with E-state index >= 15 is 0 Å². The van der Waals surface area contributed by atoms with Gasteiger partial charge in [-0.15, -0.1) is 0 Å². The van der Waals surface area contributed by atoms with E-state index in [1.165, 1.54) is 50.1 Å². The third kappa shape index (κ3) is 7.03. The van der Waals surface area contributed by atoms with E-state index in [1.807, 2.05) is 0 Å². The van der Waals surface area contributed by atoms with Crippen LogP contribution in [0.2, 0.25) is 0 Å². The fourth-order valence-corrected chi connectivity index (χ4v) is 5.27. The first-order valence-electron chi connectivity index (χ1n) is 14.2. The Labute approximate surface area is 234 Å². The highest BCUT2D eigenvalue weighted by Crippen LogP contribution is 2.33. The predicted octanol–water partition coefficient (Wildman–Crippen LogP) is 9.04. The molecule has 0 N–H and O–H groups in total. The summed E-state index contributed by atoms with van der Waals surface area (Å²) in [6.45, 7) is 14.6. The maximum atomic E-state index is 6.39. The first-order chi connectivity index (χ1) is 18.9. The van der Waals surface area contributed by atoms with E-state index in [0.717, 1.165) is 36.5 Å². The molecule has 0 spiro atoms. The summed E-state index contributed by atoms with van der Waals surface area (Å²) in [5.41, 5.74) is 11.5. The molecule has 0 radical (unpaired) electrons. The number of hydrogen-bond donors (Lipinski definition) is 0. The van der Waals surface area contributed by atoms with Gasteiger partial charge in [0.15, 0.2) is 0 Å². The minimum absolute atomic E-state index is 0.522. The minimum atomic E-state index is 0.522. The van der Waals surface area contributed by atoms with Gasteiger partial charge in [-0.2, -0.15) is 0 Å². The largest absolute Gasteiger partial charge is 0.489 e. The summed E-state index contributed by atoms with van der Waals surface area (Å²) in [5, 5.41) is 0. The Kier molecular flexibility index (Phi) is 9.70. The molecule has 0 aliphatic heterocycles. The monoisotopic (exact) mass is 522 g/mol. The SMILES string of the molecule is CCc1c(COc2ccc(C)cc2)c(CC)c(COc2ccc(C)cc2)c(CC)c1COc1ccc(C)cc1. The predicted molar refractivity (Wildman–Crippen MR) is 161 cm³/mol. The van der Waals surface area contributed by atoms with Crippen LogP contribution in [-0.4, -0.2) is 0 Å². The zero-order valence-corrected chi connectivity index (χ0v) is 24.4. The lowest BCUT2D eigenvalue weighted by Gasteiger charge is -2.26. The first kappa shape index (κ1) is 28.3. The van der Waals surface area contributed by atoms with Gasteiger partial charge < -0.3 is 14.2 Å². The van der Waals surface area contributed by atoms with Gasteiger partial charge in [0.2, 0.25) is 0 Å². The molecule has 0 aliphatic rings. The third-order valence-corrected chi connectivity index (χ3v) is 7.46. The van der Waals surface area contributed by atoms with Crippen molar-refractivity contribution >= 4 is 0 Å². The highest BCUT2D eigenvalue weighted by molar-refractivity contribution is 5.52. The molecule has 3 heteroatoms. The van der Waals surface area contributed by atoms with E-state index in [0.29, 0.717) is 19.8 Å². The fraction of sp³-hybridized carbons (Fsp3) is 0.333. The minimum Gasteiger partial charge on any atom is -0.489 e. The lowest BCUT2D eigenvalue weighted by molar-refractivity contribution is 0.288. The molecule has 204 valence electrons. The third-order valence-electron chi connectivity index (χ3n) is 7.46. The Bertz CT molecular complexity index is 1160. The molecular weight excluding hydrogens is 480 g/mol.